The summed E-state index contributed by atoms with van der Waals surface area (Å²) in [5, 5.41) is 9.08. The van der Waals surface area contributed by atoms with Gasteiger partial charge in [0, 0.05) is 5.56 Å². The maximum absolute atomic E-state index is 11.7. The van der Waals surface area contributed by atoms with Gasteiger partial charge in [-0.15, -0.1) is 0 Å². The van der Waals surface area contributed by atoms with Crippen LogP contribution >= 0.6 is 0 Å². The van der Waals surface area contributed by atoms with E-state index in [1.165, 1.54) is 6.39 Å². The van der Waals surface area contributed by atoms with Gasteiger partial charge in [0.05, 0.1) is 0 Å². The van der Waals surface area contributed by atoms with Crippen LogP contribution in [0.3, 0.4) is 0 Å². The number of oxazole rings is 1. The van der Waals surface area contributed by atoms with Crippen molar-refractivity contribution in [3.63, 3.8) is 0 Å². The molecule has 1 aromatic carbocycles. The van der Waals surface area contributed by atoms with Crippen LogP contribution in [0.4, 0.5) is 5.82 Å². The number of aromatic amines is 1. The fourth-order valence-electron chi connectivity index (χ4n) is 1.94. The molecule has 92 valence electrons. The van der Waals surface area contributed by atoms with Crippen LogP contribution in [-0.4, -0.2) is 9.97 Å². The summed E-state index contributed by atoms with van der Waals surface area (Å²) < 4.78 is 5.20. The number of nitriles is 1. The molecule has 19 heavy (non-hydrogen) atoms. The summed E-state index contributed by atoms with van der Waals surface area (Å²) in [6.07, 6.45) is 1.34. The summed E-state index contributed by atoms with van der Waals surface area (Å²) >= 11 is 0. The molecule has 0 radical (unpaired) electrons. The standard InChI is InChI=1S/C13H8N4O2/c14-5-9-8(4-12(15)17-13(9)18)7-1-2-10-11(3-7)19-6-16-10/h1-4,6H,(H3,15,17,18). The Morgan fingerprint density at radius 2 is 2.21 bits per heavy atom. The summed E-state index contributed by atoms with van der Waals surface area (Å²) in [7, 11) is 0. The molecule has 2 heterocycles. The maximum Gasteiger partial charge on any atom is 0.268 e. The lowest BCUT2D eigenvalue weighted by atomic mass is 10.0. The number of nitrogens with zero attached hydrogens (tertiary/aromatic N) is 2. The van der Waals surface area contributed by atoms with Crippen molar-refractivity contribution in [3.8, 4) is 17.2 Å². The number of hydrogen-bond donors (Lipinski definition) is 2. The minimum Gasteiger partial charge on any atom is -0.443 e. The van der Waals surface area contributed by atoms with Crippen molar-refractivity contribution < 1.29 is 4.42 Å². The van der Waals surface area contributed by atoms with Gasteiger partial charge in [-0.05, 0) is 23.8 Å². The molecule has 6 heteroatoms. The van der Waals surface area contributed by atoms with Crippen LogP contribution in [-0.2, 0) is 0 Å². The van der Waals surface area contributed by atoms with E-state index in [9.17, 15) is 4.79 Å². The lowest BCUT2D eigenvalue weighted by Gasteiger charge is -2.04. The van der Waals surface area contributed by atoms with E-state index in [1.54, 1.807) is 24.3 Å². The number of hydrogen-bond acceptors (Lipinski definition) is 5. The first-order valence-electron chi connectivity index (χ1n) is 5.45. The lowest BCUT2D eigenvalue weighted by Crippen LogP contribution is -2.13. The molecule has 0 amide bonds. The molecule has 0 fully saturated rings. The van der Waals surface area contributed by atoms with Gasteiger partial charge in [-0.2, -0.15) is 5.26 Å². The van der Waals surface area contributed by atoms with E-state index in [4.69, 9.17) is 15.4 Å². The summed E-state index contributed by atoms with van der Waals surface area (Å²) in [6.45, 7) is 0. The number of pyridine rings is 1. The van der Waals surface area contributed by atoms with Gasteiger partial charge in [0.15, 0.2) is 12.0 Å². The molecule has 3 rings (SSSR count). The zero-order valence-electron chi connectivity index (χ0n) is 9.68. The van der Waals surface area contributed by atoms with Gasteiger partial charge in [-0.25, -0.2) is 4.98 Å². The summed E-state index contributed by atoms with van der Waals surface area (Å²) in [5.74, 6) is 0.205. The summed E-state index contributed by atoms with van der Waals surface area (Å²) in [6, 6.07) is 8.68. The number of anilines is 1. The summed E-state index contributed by atoms with van der Waals surface area (Å²) in [4.78, 5) is 18.1. The van der Waals surface area contributed by atoms with Crippen LogP contribution in [0.1, 0.15) is 5.56 Å². The number of aromatic nitrogens is 2. The molecule has 0 spiro atoms. The SMILES string of the molecule is N#Cc1c(-c2ccc3ncoc3c2)cc(N)[nH]c1=O. The van der Waals surface area contributed by atoms with Crippen molar-refractivity contribution in [1.82, 2.24) is 9.97 Å². The van der Waals surface area contributed by atoms with Crippen molar-refractivity contribution in [1.29, 1.82) is 5.26 Å². The van der Waals surface area contributed by atoms with Crippen LogP contribution in [0.25, 0.3) is 22.2 Å². The fourth-order valence-corrected chi connectivity index (χ4v) is 1.94. The Kier molecular flexibility index (Phi) is 2.32. The smallest absolute Gasteiger partial charge is 0.268 e. The van der Waals surface area contributed by atoms with Crippen molar-refractivity contribution in [3.05, 3.63) is 46.6 Å². The second kappa shape index (κ2) is 3.99. The molecule has 0 unspecified atom stereocenters. The normalized spacial score (nSPS) is 10.5. The number of nitrogen functional groups attached to an aromatic ring is 1. The van der Waals surface area contributed by atoms with E-state index in [1.807, 2.05) is 6.07 Å². The molecule has 0 bridgehead atoms. The number of fused-ring (bicyclic) bond motifs is 1. The van der Waals surface area contributed by atoms with Crippen molar-refractivity contribution in [2.45, 2.75) is 0 Å². The molecular weight excluding hydrogens is 244 g/mol. The Bertz CT molecular complexity index is 870. The van der Waals surface area contributed by atoms with Crippen molar-refractivity contribution in [2.75, 3.05) is 5.73 Å². The molecule has 2 aromatic heterocycles. The van der Waals surface area contributed by atoms with Gasteiger partial charge in [0.1, 0.15) is 23.0 Å². The number of rotatable bonds is 1. The highest BCUT2D eigenvalue weighted by atomic mass is 16.3. The Labute approximate surface area is 107 Å². The highest BCUT2D eigenvalue weighted by molar-refractivity contribution is 5.82. The molecule has 6 nitrogen and oxygen atoms in total. The topological polar surface area (TPSA) is 109 Å². The summed E-state index contributed by atoms with van der Waals surface area (Å²) in [5.41, 5.74) is 7.57. The van der Waals surface area contributed by atoms with E-state index in [0.29, 0.717) is 22.2 Å². The molecule has 3 N–H and O–H groups in total. The number of H-pyrrole nitrogens is 1. The van der Waals surface area contributed by atoms with Gasteiger partial charge >= 0.3 is 0 Å². The quantitative estimate of drug-likeness (QED) is 0.684. The second-order valence-corrected chi connectivity index (χ2v) is 3.99. The number of benzene rings is 1. The van der Waals surface area contributed by atoms with Crippen LogP contribution in [0.2, 0.25) is 0 Å². The molecule has 0 aliphatic carbocycles. The Balaban J connectivity index is 2.32. The Hall–Kier alpha value is -3.07. The molecular formula is C13H8N4O2. The predicted octanol–water partition coefficient (Wildman–Crippen LogP) is 1.64. The highest BCUT2D eigenvalue weighted by Gasteiger charge is 2.11. The van der Waals surface area contributed by atoms with Gasteiger partial charge < -0.3 is 15.1 Å². The zero-order valence-corrected chi connectivity index (χ0v) is 9.68. The van der Waals surface area contributed by atoms with E-state index >= 15 is 0 Å². The van der Waals surface area contributed by atoms with E-state index < -0.39 is 5.56 Å². The van der Waals surface area contributed by atoms with E-state index in [2.05, 4.69) is 9.97 Å². The minimum absolute atomic E-state index is 0.0214. The van der Waals surface area contributed by atoms with Crippen LogP contribution in [0.5, 0.6) is 0 Å². The Morgan fingerprint density at radius 3 is 3.00 bits per heavy atom. The van der Waals surface area contributed by atoms with Crippen LogP contribution < -0.4 is 11.3 Å². The predicted molar refractivity (Wildman–Crippen MR) is 69.2 cm³/mol. The van der Waals surface area contributed by atoms with Crippen LogP contribution in [0.15, 0.2) is 39.9 Å². The molecule has 0 aliphatic rings. The minimum atomic E-state index is -0.504. The number of nitrogens with two attached hydrogens (primary N) is 1. The van der Waals surface area contributed by atoms with E-state index in [-0.39, 0.29) is 11.4 Å². The molecule has 0 atom stereocenters. The third-order valence-corrected chi connectivity index (χ3v) is 2.81. The average molecular weight is 252 g/mol. The zero-order chi connectivity index (χ0) is 13.4. The van der Waals surface area contributed by atoms with E-state index in [0.717, 1.165) is 0 Å². The largest absolute Gasteiger partial charge is 0.443 e. The molecule has 0 saturated heterocycles. The first-order valence-corrected chi connectivity index (χ1v) is 5.45. The highest BCUT2D eigenvalue weighted by Crippen LogP contribution is 2.26. The Morgan fingerprint density at radius 1 is 1.37 bits per heavy atom. The fraction of sp³-hybridized carbons (Fsp3) is 0. The van der Waals surface area contributed by atoms with Gasteiger partial charge in [0.2, 0.25) is 0 Å². The first kappa shape index (κ1) is 11.0. The second-order valence-electron chi connectivity index (χ2n) is 3.99. The van der Waals surface area contributed by atoms with Crippen molar-refractivity contribution in [2.24, 2.45) is 0 Å². The van der Waals surface area contributed by atoms with Gasteiger partial charge in [-0.1, -0.05) is 6.07 Å². The van der Waals surface area contributed by atoms with Crippen molar-refractivity contribution >= 4 is 16.9 Å². The molecule has 0 aliphatic heterocycles. The third kappa shape index (κ3) is 1.73. The lowest BCUT2D eigenvalue weighted by molar-refractivity contribution is 0.602. The molecule has 3 aromatic rings. The maximum atomic E-state index is 11.7. The van der Waals surface area contributed by atoms with Gasteiger partial charge in [0.25, 0.3) is 5.56 Å². The number of nitrogens with one attached hydrogen (secondary N) is 1. The third-order valence-electron chi connectivity index (χ3n) is 2.81. The van der Waals surface area contributed by atoms with Crippen LogP contribution in [0, 0.1) is 11.3 Å². The van der Waals surface area contributed by atoms with Gasteiger partial charge in [-0.3, -0.25) is 4.79 Å². The molecule has 0 saturated carbocycles. The average Bonchev–Trinajstić information content (AvgIpc) is 2.85. The first-order chi connectivity index (χ1) is 9.19. The monoisotopic (exact) mass is 252 g/mol.